The average Bonchev–Trinajstić information content (AvgIpc) is 2.80. The number of hydrogen-bond donors (Lipinski definition) is 1. The van der Waals surface area contributed by atoms with E-state index in [1.54, 1.807) is 18.3 Å². The van der Waals surface area contributed by atoms with Crippen molar-refractivity contribution in [2.75, 3.05) is 12.1 Å². The van der Waals surface area contributed by atoms with E-state index >= 15 is 0 Å². The summed E-state index contributed by atoms with van der Waals surface area (Å²) < 4.78 is 11.0. The van der Waals surface area contributed by atoms with Gasteiger partial charge in [-0.1, -0.05) is 12.1 Å². The first-order valence-corrected chi connectivity index (χ1v) is 5.41. The molecule has 1 heterocycles. The van der Waals surface area contributed by atoms with Gasteiger partial charge in [0.05, 0.1) is 12.0 Å². The lowest BCUT2D eigenvalue weighted by Gasteiger charge is -2.18. The van der Waals surface area contributed by atoms with Gasteiger partial charge in [-0.2, -0.15) is 0 Å². The molecule has 0 fully saturated rings. The summed E-state index contributed by atoms with van der Waals surface area (Å²) in [5, 5.41) is 1.55. The van der Waals surface area contributed by atoms with Crippen molar-refractivity contribution in [1.82, 2.24) is 0 Å². The Morgan fingerprint density at radius 3 is 2.76 bits per heavy atom. The van der Waals surface area contributed by atoms with E-state index in [1.165, 1.54) is 0 Å². The molecule has 4 heteroatoms. The number of anilines is 1. The minimum atomic E-state index is 0.401. The number of rotatable bonds is 4. The predicted molar refractivity (Wildman–Crippen MR) is 66.8 cm³/mol. The van der Waals surface area contributed by atoms with Gasteiger partial charge in [-0.15, -0.1) is 0 Å². The number of nitrogens with two attached hydrogens (primary N) is 1. The maximum atomic E-state index is 5.76. The van der Waals surface area contributed by atoms with Crippen LogP contribution in [0.1, 0.15) is 11.3 Å². The molecule has 0 bridgehead atoms. The van der Waals surface area contributed by atoms with E-state index in [2.05, 4.69) is 0 Å². The van der Waals surface area contributed by atoms with Gasteiger partial charge in [-0.05, 0) is 30.7 Å². The lowest BCUT2D eigenvalue weighted by atomic mass is 10.2. The topological polar surface area (TPSA) is 51.6 Å². The molecule has 0 atom stereocenters. The molecule has 17 heavy (non-hydrogen) atoms. The third-order valence-corrected chi connectivity index (χ3v) is 2.51. The van der Waals surface area contributed by atoms with Crippen LogP contribution in [0.3, 0.4) is 0 Å². The van der Waals surface area contributed by atoms with Gasteiger partial charge in [0.2, 0.25) is 0 Å². The number of hydrogen-bond acceptors (Lipinski definition) is 4. The molecule has 0 unspecified atom stereocenters. The number of nitrogens with zero attached hydrogens (tertiary/aromatic N) is 1. The minimum Gasteiger partial charge on any atom is -0.483 e. The Balaban J connectivity index is 2.19. The predicted octanol–water partition coefficient (Wildman–Crippen LogP) is 2.48. The van der Waals surface area contributed by atoms with Crippen LogP contribution in [0.15, 0.2) is 41.0 Å². The number of para-hydroxylation sites is 1. The van der Waals surface area contributed by atoms with Crippen molar-refractivity contribution in [3.8, 4) is 5.75 Å². The zero-order valence-electron chi connectivity index (χ0n) is 10.0. The molecule has 90 valence electrons. The smallest absolute Gasteiger partial charge is 0.147 e. The van der Waals surface area contributed by atoms with Crippen LogP contribution in [-0.4, -0.2) is 7.05 Å². The second-order valence-corrected chi connectivity index (χ2v) is 3.90. The van der Waals surface area contributed by atoms with Crippen LogP contribution in [0.25, 0.3) is 0 Å². The summed E-state index contributed by atoms with van der Waals surface area (Å²) in [6.45, 7) is 2.39. The lowest BCUT2D eigenvalue weighted by Crippen LogP contribution is -2.25. The molecule has 0 aliphatic heterocycles. The summed E-state index contributed by atoms with van der Waals surface area (Å²) >= 11 is 0. The number of furan rings is 1. The van der Waals surface area contributed by atoms with E-state index in [-0.39, 0.29) is 0 Å². The third-order valence-electron chi connectivity index (χ3n) is 2.51. The minimum absolute atomic E-state index is 0.401. The molecular formula is C13H16N2O2. The number of benzene rings is 1. The van der Waals surface area contributed by atoms with Crippen molar-refractivity contribution in [3.63, 3.8) is 0 Å². The lowest BCUT2D eigenvalue weighted by molar-refractivity contribution is 0.269. The Kier molecular flexibility index (Phi) is 3.35. The van der Waals surface area contributed by atoms with Crippen LogP contribution in [0, 0.1) is 6.92 Å². The second kappa shape index (κ2) is 4.93. The van der Waals surface area contributed by atoms with E-state index in [4.69, 9.17) is 15.0 Å². The summed E-state index contributed by atoms with van der Waals surface area (Å²) in [7, 11) is 1.79. The second-order valence-electron chi connectivity index (χ2n) is 3.90. The van der Waals surface area contributed by atoms with Crippen molar-refractivity contribution in [3.05, 3.63) is 47.9 Å². The van der Waals surface area contributed by atoms with Gasteiger partial charge in [0.15, 0.2) is 0 Å². The van der Waals surface area contributed by atoms with Crippen LogP contribution in [-0.2, 0) is 6.61 Å². The highest BCUT2D eigenvalue weighted by molar-refractivity contribution is 5.60. The number of hydrazine groups is 1. The third kappa shape index (κ3) is 2.60. The molecule has 2 rings (SSSR count). The zero-order chi connectivity index (χ0) is 12.3. The standard InChI is InChI=1S/C13H16N2O2/c1-10-5-3-7-12(15(2)14)13(10)17-9-11-6-4-8-16-11/h3-8H,9,14H2,1-2H3. The average molecular weight is 232 g/mol. The first-order chi connectivity index (χ1) is 8.18. The van der Waals surface area contributed by atoms with Crippen molar-refractivity contribution >= 4 is 5.69 Å². The highest BCUT2D eigenvalue weighted by atomic mass is 16.5. The fourth-order valence-electron chi connectivity index (χ4n) is 1.64. The Hall–Kier alpha value is -1.94. The number of ether oxygens (including phenoxy) is 1. The first kappa shape index (κ1) is 11.5. The van der Waals surface area contributed by atoms with Gasteiger partial charge in [0.25, 0.3) is 0 Å². The molecule has 0 amide bonds. The normalized spacial score (nSPS) is 10.3. The Labute approximate surface area is 101 Å². The Bertz CT molecular complexity index is 478. The molecule has 0 radical (unpaired) electrons. The molecule has 4 nitrogen and oxygen atoms in total. The van der Waals surface area contributed by atoms with Crippen molar-refractivity contribution < 1.29 is 9.15 Å². The van der Waals surface area contributed by atoms with Gasteiger partial charge >= 0.3 is 0 Å². The SMILES string of the molecule is Cc1cccc(N(C)N)c1OCc1ccco1. The molecule has 2 N–H and O–H groups in total. The molecule has 0 saturated carbocycles. The Morgan fingerprint density at radius 1 is 1.29 bits per heavy atom. The van der Waals surface area contributed by atoms with Gasteiger partial charge in [0, 0.05) is 7.05 Å². The molecular weight excluding hydrogens is 216 g/mol. The fourth-order valence-corrected chi connectivity index (χ4v) is 1.64. The van der Waals surface area contributed by atoms with Crippen LogP contribution >= 0.6 is 0 Å². The molecule has 0 aliphatic carbocycles. The zero-order valence-corrected chi connectivity index (χ0v) is 10.0. The van der Waals surface area contributed by atoms with E-state index < -0.39 is 0 Å². The molecule has 0 aliphatic rings. The highest BCUT2D eigenvalue weighted by Gasteiger charge is 2.09. The van der Waals surface area contributed by atoms with E-state index in [0.29, 0.717) is 6.61 Å². The van der Waals surface area contributed by atoms with E-state index in [0.717, 1.165) is 22.8 Å². The van der Waals surface area contributed by atoms with Gasteiger partial charge in [-0.25, -0.2) is 5.84 Å². The van der Waals surface area contributed by atoms with Crippen LogP contribution in [0.5, 0.6) is 5.75 Å². The Morgan fingerprint density at radius 2 is 2.12 bits per heavy atom. The molecule has 0 saturated heterocycles. The summed E-state index contributed by atoms with van der Waals surface area (Å²) in [6.07, 6.45) is 1.63. The van der Waals surface area contributed by atoms with E-state index in [1.807, 2.05) is 37.3 Å². The monoisotopic (exact) mass is 232 g/mol. The highest BCUT2D eigenvalue weighted by Crippen LogP contribution is 2.30. The number of aryl methyl sites for hydroxylation is 1. The van der Waals surface area contributed by atoms with Crippen molar-refractivity contribution in [2.24, 2.45) is 5.84 Å². The molecule has 2 aromatic rings. The van der Waals surface area contributed by atoms with Gasteiger partial charge in [-0.3, -0.25) is 0 Å². The van der Waals surface area contributed by atoms with Gasteiger partial charge < -0.3 is 14.2 Å². The molecule has 1 aromatic heterocycles. The molecule has 0 spiro atoms. The first-order valence-electron chi connectivity index (χ1n) is 5.41. The van der Waals surface area contributed by atoms with Crippen LogP contribution in [0.4, 0.5) is 5.69 Å². The van der Waals surface area contributed by atoms with Crippen molar-refractivity contribution in [1.29, 1.82) is 0 Å². The van der Waals surface area contributed by atoms with Crippen molar-refractivity contribution in [2.45, 2.75) is 13.5 Å². The summed E-state index contributed by atoms with van der Waals surface area (Å²) in [5.74, 6) is 7.34. The molecule has 1 aromatic carbocycles. The largest absolute Gasteiger partial charge is 0.483 e. The fraction of sp³-hybridized carbons (Fsp3) is 0.231. The van der Waals surface area contributed by atoms with Crippen LogP contribution < -0.4 is 15.6 Å². The van der Waals surface area contributed by atoms with Gasteiger partial charge in [0.1, 0.15) is 18.1 Å². The quantitative estimate of drug-likeness (QED) is 0.650. The summed E-state index contributed by atoms with van der Waals surface area (Å²) in [4.78, 5) is 0. The maximum Gasteiger partial charge on any atom is 0.147 e. The summed E-state index contributed by atoms with van der Waals surface area (Å²) in [6, 6.07) is 9.58. The van der Waals surface area contributed by atoms with Crippen LogP contribution in [0.2, 0.25) is 0 Å². The summed E-state index contributed by atoms with van der Waals surface area (Å²) in [5.41, 5.74) is 1.91. The van der Waals surface area contributed by atoms with E-state index in [9.17, 15) is 0 Å². The maximum absolute atomic E-state index is 5.76.